The summed E-state index contributed by atoms with van der Waals surface area (Å²) < 4.78 is 10.5. The first-order chi connectivity index (χ1) is 18.5. The van der Waals surface area contributed by atoms with Gasteiger partial charge in [0.2, 0.25) is 0 Å². The molecule has 0 unspecified atom stereocenters. The molecule has 192 valence electrons. The molecule has 0 atom stereocenters. The van der Waals surface area contributed by atoms with Crippen molar-refractivity contribution in [1.29, 1.82) is 0 Å². The molecule has 0 bridgehead atoms. The first-order valence-corrected chi connectivity index (χ1v) is 13.7. The summed E-state index contributed by atoms with van der Waals surface area (Å²) in [6.45, 7) is 5.46. The standard InChI is InChI=1S/C31H29ClN4OS/c1-20-10-12-22(13-11-20)28-25-8-5-6-18-35-27(19-37-24-16-14-23(32)15-17-24)34-36(31(25)35)29(28)30(38)33-26-9-4-3-7-21(26)2/h3-4,7,9-17H,5-6,8,18-19H2,1-2H3,(H,33,38). The van der Waals surface area contributed by atoms with E-state index >= 15 is 0 Å². The second-order valence-electron chi connectivity index (χ2n) is 9.84. The molecule has 2 aromatic heterocycles. The first kappa shape index (κ1) is 24.7. The highest BCUT2D eigenvalue weighted by molar-refractivity contribution is 7.81. The van der Waals surface area contributed by atoms with E-state index in [1.54, 1.807) is 0 Å². The van der Waals surface area contributed by atoms with Crippen LogP contribution < -0.4 is 10.1 Å². The molecule has 7 heteroatoms. The first-order valence-electron chi connectivity index (χ1n) is 12.9. The predicted octanol–water partition coefficient (Wildman–Crippen LogP) is 7.78. The number of aryl methyl sites for hydroxylation is 4. The van der Waals surface area contributed by atoms with Gasteiger partial charge in [0, 0.05) is 28.4 Å². The highest BCUT2D eigenvalue weighted by Gasteiger charge is 2.29. The Hall–Kier alpha value is -3.61. The van der Waals surface area contributed by atoms with Crippen LogP contribution >= 0.6 is 23.8 Å². The number of halogens is 1. The fourth-order valence-electron chi connectivity index (χ4n) is 5.23. The molecular weight excluding hydrogens is 512 g/mol. The van der Waals surface area contributed by atoms with E-state index in [0.29, 0.717) is 16.6 Å². The molecule has 1 aliphatic rings. The summed E-state index contributed by atoms with van der Waals surface area (Å²) in [5, 5.41) is 9.32. The highest BCUT2D eigenvalue weighted by Crippen LogP contribution is 2.37. The van der Waals surface area contributed by atoms with E-state index in [-0.39, 0.29) is 0 Å². The summed E-state index contributed by atoms with van der Waals surface area (Å²) in [6, 6.07) is 24.4. The number of nitrogens with one attached hydrogen (secondary N) is 1. The van der Waals surface area contributed by atoms with E-state index in [0.717, 1.165) is 65.5 Å². The number of hydrogen-bond acceptors (Lipinski definition) is 3. The molecule has 0 aliphatic carbocycles. The van der Waals surface area contributed by atoms with Gasteiger partial charge < -0.3 is 14.6 Å². The monoisotopic (exact) mass is 540 g/mol. The summed E-state index contributed by atoms with van der Waals surface area (Å²) >= 11 is 12.2. The Morgan fingerprint density at radius 2 is 1.76 bits per heavy atom. The minimum atomic E-state index is 0.361. The van der Waals surface area contributed by atoms with Gasteiger partial charge >= 0.3 is 0 Å². The largest absolute Gasteiger partial charge is 0.486 e. The van der Waals surface area contributed by atoms with Crippen molar-refractivity contribution >= 4 is 40.1 Å². The fraction of sp³-hybridized carbons (Fsp3) is 0.226. The number of ether oxygens (including phenoxy) is 1. The van der Waals surface area contributed by atoms with Gasteiger partial charge in [-0.15, -0.1) is 5.10 Å². The topological polar surface area (TPSA) is 43.5 Å². The van der Waals surface area contributed by atoms with Crippen LogP contribution in [-0.2, 0) is 19.6 Å². The van der Waals surface area contributed by atoms with E-state index in [1.165, 1.54) is 16.7 Å². The Morgan fingerprint density at radius 1 is 1.00 bits per heavy atom. The molecule has 1 N–H and O–H groups in total. The van der Waals surface area contributed by atoms with E-state index in [4.69, 9.17) is 33.7 Å². The quantitative estimate of drug-likeness (QED) is 0.223. The number of hydrogen-bond donors (Lipinski definition) is 1. The molecule has 0 saturated carbocycles. The van der Waals surface area contributed by atoms with Crippen molar-refractivity contribution in [3.8, 4) is 16.9 Å². The number of aromatic nitrogens is 3. The molecule has 0 saturated heterocycles. The third kappa shape index (κ3) is 4.59. The van der Waals surface area contributed by atoms with Crippen molar-refractivity contribution in [2.45, 2.75) is 46.3 Å². The maximum atomic E-state index is 6.13. The lowest BCUT2D eigenvalue weighted by Gasteiger charge is -2.13. The van der Waals surface area contributed by atoms with Gasteiger partial charge in [-0.1, -0.05) is 71.8 Å². The molecule has 3 aromatic carbocycles. The average molecular weight is 541 g/mol. The number of para-hydroxylation sites is 1. The van der Waals surface area contributed by atoms with Crippen molar-refractivity contribution in [3.63, 3.8) is 0 Å². The summed E-state index contributed by atoms with van der Waals surface area (Å²) in [5.74, 6) is 1.65. The molecule has 3 heterocycles. The molecule has 5 nitrogen and oxygen atoms in total. The number of nitrogens with zero attached hydrogens (tertiary/aromatic N) is 3. The van der Waals surface area contributed by atoms with Gasteiger partial charge in [0.1, 0.15) is 28.7 Å². The van der Waals surface area contributed by atoms with Crippen LogP contribution in [0.4, 0.5) is 5.69 Å². The molecule has 1 aliphatic heterocycles. The van der Waals surface area contributed by atoms with Gasteiger partial charge in [0.05, 0.1) is 0 Å². The number of benzene rings is 3. The Labute approximate surface area is 233 Å². The number of thiocarbonyl (C=S) groups is 1. The Balaban J connectivity index is 1.49. The zero-order chi connectivity index (χ0) is 26.2. The second-order valence-corrected chi connectivity index (χ2v) is 10.7. The Kier molecular flexibility index (Phi) is 6.68. The van der Waals surface area contributed by atoms with Crippen LogP contribution in [0.5, 0.6) is 5.75 Å². The summed E-state index contributed by atoms with van der Waals surface area (Å²) in [6.07, 6.45) is 3.17. The van der Waals surface area contributed by atoms with E-state index in [9.17, 15) is 0 Å². The van der Waals surface area contributed by atoms with Gasteiger partial charge in [-0.05, 0) is 74.6 Å². The molecule has 0 radical (unpaired) electrons. The van der Waals surface area contributed by atoms with Gasteiger partial charge in [0.15, 0.2) is 5.82 Å². The minimum absolute atomic E-state index is 0.361. The zero-order valence-electron chi connectivity index (χ0n) is 21.5. The van der Waals surface area contributed by atoms with Crippen molar-refractivity contribution < 1.29 is 4.74 Å². The van der Waals surface area contributed by atoms with Crippen molar-refractivity contribution in [2.75, 3.05) is 5.32 Å². The van der Waals surface area contributed by atoms with Crippen LogP contribution in [-0.4, -0.2) is 19.2 Å². The van der Waals surface area contributed by atoms with Crippen LogP contribution in [0.25, 0.3) is 16.8 Å². The smallest absolute Gasteiger partial charge is 0.169 e. The third-order valence-electron chi connectivity index (χ3n) is 7.19. The lowest BCUT2D eigenvalue weighted by Crippen LogP contribution is -2.15. The molecule has 0 spiro atoms. The van der Waals surface area contributed by atoms with Crippen molar-refractivity contribution in [3.05, 3.63) is 106 Å². The molecule has 5 aromatic rings. The second kappa shape index (κ2) is 10.3. The maximum absolute atomic E-state index is 6.13. The maximum Gasteiger partial charge on any atom is 0.169 e. The molecule has 6 rings (SSSR count). The molecular formula is C31H29ClN4OS. The zero-order valence-corrected chi connectivity index (χ0v) is 23.1. The number of rotatable bonds is 6. The van der Waals surface area contributed by atoms with E-state index in [2.05, 4.69) is 60.1 Å². The van der Waals surface area contributed by atoms with Gasteiger partial charge in [0.25, 0.3) is 0 Å². The highest BCUT2D eigenvalue weighted by atomic mass is 35.5. The van der Waals surface area contributed by atoms with Gasteiger partial charge in [-0.2, -0.15) is 0 Å². The normalized spacial score (nSPS) is 12.9. The third-order valence-corrected chi connectivity index (χ3v) is 7.74. The van der Waals surface area contributed by atoms with Crippen molar-refractivity contribution in [2.24, 2.45) is 0 Å². The number of anilines is 1. The van der Waals surface area contributed by atoms with Crippen molar-refractivity contribution in [1.82, 2.24) is 14.2 Å². The lowest BCUT2D eigenvalue weighted by molar-refractivity contribution is 0.288. The van der Waals surface area contributed by atoms with Crippen LogP contribution in [0.2, 0.25) is 5.02 Å². The average Bonchev–Trinajstić information content (AvgIpc) is 3.32. The SMILES string of the molecule is Cc1ccc(-c2c3c4n(c(COc5ccc(Cl)cc5)nn4c2C(=S)Nc2ccccc2C)CCCC3)cc1. The fourth-order valence-corrected chi connectivity index (χ4v) is 5.65. The van der Waals surface area contributed by atoms with Crippen LogP contribution in [0, 0.1) is 13.8 Å². The predicted molar refractivity (Wildman–Crippen MR) is 159 cm³/mol. The Bertz CT molecular complexity index is 1630. The summed E-state index contributed by atoms with van der Waals surface area (Å²) in [5.41, 5.74) is 9.02. The molecule has 0 fully saturated rings. The Morgan fingerprint density at radius 3 is 2.53 bits per heavy atom. The van der Waals surface area contributed by atoms with Crippen LogP contribution in [0.15, 0.2) is 72.8 Å². The van der Waals surface area contributed by atoms with Gasteiger partial charge in [-0.3, -0.25) is 0 Å². The molecule has 0 amide bonds. The minimum Gasteiger partial charge on any atom is -0.486 e. The molecule has 38 heavy (non-hydrogen) atoms. The van der Waals surface area contributed by atoms with Crippen LogP contribution in [0.1, 0.15) is 41.1 Å². The van der Waals surface area contributed by atoms with Crippen LogP contribution in [0.3, 0.4) is 0 Å². The van der Waals surface area contributed by atoms with E-state index < -0.39 is 0 Å². The van der Waals surface area contributed by atoms with Gasteiger partial charge in [-0.25, -0.2) is 4.52 Å². The summed E-state index contributed by atoms with van der Waals surface area (Å²) in [7, 11) is 0. The van der Waals surface area contributed by atoms with E-state index in [1.807, 2.05) is 40.9 Å². The lowest BCUT2D eigenvalue weighted by atomic mass is 9.97. The summed E-state index contributed by atoms with van der Waals surface area (Å²) in [4.78, 5) is 0.659.